The van der Waals surface area contributed by atoms with Gasteiger partial charge in [0.05, 0.1) is 5.92 Å². The molecule has 110 valence electrons. The van der Waals surface area contributed by atoms with Gasteiger partial charge in [0, 0.05) is 25.6 Å². The van der Waals surface area contributed by atoms with Gasteiger partial charge in [-0.25, -0.2) is 0 Å². The molecule has 5 nitrogen and oxygen atoms in total. The van der Waals surface area contributed by atoms with Gasteiger partial charge in [0.25, 0.3) is 0 Å². The van der Waals surface area contributed by atoms with Crippen LogP contribution in [-0.2, 0) is 9.59 Å². The van der Waals surface area contributed by atoms with Crippen LogP contribution in [0.5, 0.6) is 0 Å². The van der Waals surface area contributed by atoms with Gasteiger partial charge in [-0.05, 0) is 17.8 Å². The van der Waals surface area contributed by atoms with Crippen molar-refractivity contribution >= 4 is 11.9 Å². The number of carboxylic acid groups (broad SMARTS) is 1. The lowest BCUT2D eigenvalue weighted by molar-refractivity contribution is -0.142. The van der Waals surface area contributed by atoms with E-state index in [0.29, 0.717) is 19.5 Å². The van der Waals surface area contributed by atoms with Crippen LogP contribution in [0.25, 0.3) is 0 Å². The zero-order chi connectivity index (χ0) is 14.8. The second-order valence-electron chi connectivity index (χ2n) is 6.95. The van der Waals surface area contributed by atoms with Crippen LogP contribution < -0.4 is 5.73 Å². The molecule has 1 aliphatic heterocycles. The standard InChI is InChI=1S/C14H26N2O3/c1-9-7-16(8-11(9)13(18)19)12(17)5-10(15)6-14(2,3)4/h9-11H,5-8,15H2,1-4H3,(H,18,19). The number of hydrogen-bond donors (Lipinski definition) is 2. The second kappa shape index (κ2) is 5.90. The summed E-state index contributed by atoms with van der Waals surface area (Å²) >= 11 is 0. The third kappa shape index (κ3) is 4.82. The lowest BCUT2D eigenvalue weighted by Gasteiger charge is -2.24. The van der Waals surface area contributed by atoms with Crippen LogP contribution in [0.2, 0.25) is 0 Å². The number of nitrogens with two attached hydrogens (primary N) is 1. The van der Waals surface area contributed by atoms with E-state index in [1.165, 1.54) is 0 Å². The van der Waals surface area contributed by atoms with Crippen LogP contribution in [0.15, 0.2) is 0 Å². The number of nitrogens with zero attached hydrogens (tertiary/aromatic N) is 1. The molecule has 0 saturated carbocycles. The first-order valence-corrected chi connectivity index (χ1v) is 6.86. The van der Waals surface area contributed by atoms with E-state index in [1.807, 2.05) is 6.92 Å². The van der Waals surface area contributed by atoms with Crippen LogP contribution in [0, 0.1) is 17.3 Å². The molecule has 1 amide bonds. The van der Waals surface area contributed by atoms with E-state index in [4.69, 9.17) is 10.8 Å². The summed E-state index contributed by atoms with van der Waals surface area (Å²) in [6, 6.07) is -0.160. The Morgan fingerprint density at radius 3 is 2.37 bits per heavy atom. The average molecular weight is 270 g/mol. The van der Waals surface area contributed by atoms with Crippen molar-refractivity contribution in [3.8, 4) is 0 Å². The number of carbonyl (C=O) groups is 2. The Morgan fingerprint density at radius 2 is 1.95 bits per heavy atom. The third-order valence-electron chi connectivity index (χ3n) is 3.59. The van der Waals surface area contributed by atoms with Gasteiger partial charge < -0.3 is 15.7 Å². The van der Waals surface area contributed by atoms with E-state index in [0.717, 1.165) is 6.42 Å². The molecular weight excluding hydrogens is 244 g/mol. The Morgan fingerprint density at radius 1 is 1.37 bits per heavy atom. The summed E-state index contributed by atoms with van der Waals surface area (Å²) in [5.74, 6) is -1.27. The molecule has 1 saturated heterocycles. The zero-order valence-corrected chi connectivity index (χ0v) is 12.3. The number of carbonyl (C=O) groups excluding carboxylic acids is 1. The fourth-order valence-corrected chi connectivity index (χ4v) is 2.70. The first-order chi connectivity index (χ1) is 8.60. The SMILES string of the molecule is CC1CN(C(=O)CC(N)CC(C)(C)C)CC1C(=O)O. The molecule has 3 unspecified atom stereocenters. The average Bonchev–Trinajstić information content (AvgIpc) is 2.57. The number of aliphatic carboxylic acids is 1. The Hall–Kier alpha value is -1.10. The van der Waals surface area contributed by atoms with Gasteiger partial charge >= 0.3 is 5.97 Å². The lowest BCUT2D eigenvalue weighted by Crippen LogP contribution is -2.36. The minimum atomic E-state index is -0.818. The highest BCUT2D eigenvalue weighted by atomic mass is 16.4. The summed E-state index contributed by atoms with van der Waals surface area (Å²) in [4.78, 5) is 24.8. The minimum absolute atomic E-state index is 0.0142. The maximum absolute atomic E-state index is 12.1. The van der Waals surface area contributed by atoms with Crippen LogP contribution in [-0.4, -0.2) is 41.0 Å². The molecule has 0 aromatic carbocycles. The largest absolute Gasteiger partial charge is 0.481 e. The summed E-state index contributed by atoms with van der Waals surface area (Å²) in [6.45, 7) is 9.00. The van der Waals surface area contributed by atoms with Crippen LogP contribution in [0.4, 0.5) is 0 Å². The van der Waals surface area contributed by atoms with E-state index in [2.05, 4.69) is 20.8 Å². The molecule has 0 spiro atoms. The number of rotatable bonds is 4. The van der Waals surface area contributed by atoms with Crippen LogP contribution in [0.3, 0.4) is 0 Å². The van der Waals surface area contributed by atoms with Crippen molar-refractivity contribution in [3.05, 3.63) is 0 Å². The predicted molar refractivity (Wildman–Crippen MR) is 73.5 cm³/mol. The summed E-state index contributed by atoms with van der Waals surface area (Å²) in [5.41, 5.74) is 6.09. The molecule has 0 aliphatic carbocycles. The Kier molecular flexibility index (Phi) is 4.96. The molecule has 1 aliphatic rings. The predicted octanol–water partition coefficient (Wildman–Crippen LogP) is 1.32. The van der Waals surface area contributed by atoms with Crippen molar-refractivity contribution < 1.29 is 14.7 Å². The van der Waals surface area contributed by atoms with E-state index in [9.17, 15) is 9.59 Å². The summed E-state index contributed by atoms with van der Waals surface area (Å²) in [5, 5.41) is 9.06. The molecule has 0 bridgehead atoms. The molecule has 0 aromatic heterocycles. The van der Waals surface area contributed by atoms with Crippen molar-refractivity contribution in [2.45, 2.75) is 46.6 Å². The monoisotopic (exact) mass is 270 g/mol. The van der Waals surface area contributed by atoms with Gasteiger partial charge in [-0.1, -0.05) is 27.7 Å². The highest BCUT2D eigenvalue weighted by Crippen LogP contribution is 2.25. The van der Waals surface area contributed by atoms with Crippen molar-refractivity contribution in [1.29, 1.82) is 0 Å². The molecule has 0 radical (unpaired) electrons. The fraction of sp³-hybridized carbons (Fsp3) is 0.857. The maximum atomic E-state index is 12.1. The Balaban J connectivity index is 2.49. The Bertz CT molecular complexity index is 349. The Labute approximate surface area is 115 Å². The van der Waals surface area contributed by atoms with E-state index >= 15 is 0 Å². The highest BCUT2D eigenvalue weighted by molar-refractivity contribution is 5.79. The number of carboxylic acids is 1. The van der Waals surface area contributed by atoms with Crippen LogP contribution >= 0.6 is 0 Å². The normalized spacial score (nSPS) is 25.4. The topological polar surface area (TPSA) is 83.6 Å². The van der Waals surface area contributed by atoms with E-state index in [-0.39, 0.29) is 23.3 Å². The van der Waals surface area contributed by atoms with Gasteiger partial charge in [-0.15, -0.1) is 0 Å². The third-order valence-corrected chi connectivity index (χ3v) is 3.59. The van der Waals surface area contributed by atoms with Gasteiger partial charge in [0.15, 0.2) is 0 Å². The van der Waals surface area contributed by atoms with Gasteiger partial charge in [0.2, 0.25) is 5.91 Å². The number of likely N-dealkylation sites (tertiary alicyclic amines) is 1. The summed E-state index contributed by atoms with van der Waals surface area (Å²) < 4.78 is 0. The molecule has 19 heavy (non-hydrogen) atoms. The summed E-state index contributed by atoms with van der Waals surface area (Å²) in [7, 11) is 0. The van der Waals surface area contributed by atoms with Gasteiger partial charge in [-0.2, -0.15) is 0 Å². The van der Waals surface area contributed by atoms with E-state index < -0.39 is 11.9 Å². The first kappa shape index (κ1) is 16.0. The van der Waals surface area contributed by atoms with Crippen molar-refractivity contribution in [3.63, 3.8) is 0 Å². The zero-order valence-electron chi connectivity index (χ0n) is 12.3. The molecule has 3 N–H and O–H groups in total. The molecule has 3 atom stereocenters. The first-order valence-electron chi connectivity index (χ1n) is 6.86. The quantitative estimate of drug-likeness (QED) is 0.807. The smallest absolute Gasteiger partial charge is 0.308 e. The number of hydrogen-bond acceptors (Lipinski definition) is 3. The van der Waals surface area contributed by atoms with Crippen molar-refractivity contribution in [1.82, 2.24) is 4.90 Å². The molecule has 1 rings (SSSR count). The molecule has 1 heterocycles. The second-order valence-corrected chi connectivity index (χ2v) is 6.95. The molecule has 1 fully saturated rings. The van der Waals surface area contributed by atoms with Crippen molar-refractivity contribution in [2.75, 3.05) is 13.1 Å². The van der Waals surface area contributed by atoms with Gasteiger partial charge in [0.1, 0.15) is 0 Å². The number of amides is 1. The molecule has 0 aromatic rings. The van der Waals surface area contributed by atoms with Gasteiger partial charge in [-0.3, -0.25) is 9.59 Å². The van der Waals surface area contributed by atoms with E-state index in [1.54, 1.807) is 4.90 Å². The van der Waals surface area contributed by atoms with Crippen molar-refractivity contribution in [2.24, 2.45) is 23.0 Å². The fourth-order valence-electron chi connectivity index (χ4n) is 2.70. The minimum Gasteiger partial charge on any atom is -0.481 e. The lowest BCUT2D eigenvalue weighted by atomic mass is 9.87. The molecular formula is C14H26N2O3. The van der Waals surface area contributed by atoms with Crippen LogP contribution in [0.1, 0.15) is 40.5 Å². The maximum Gasteiger partial charge on any atom is 0.308 e. The molecule has 5 heteroatoms. The highest BCUT2D eigenvalue weighted by Gasteiger charge is 2.37. The summed E-state index contributed by atoms with van der Waals surface area (Å²) in [6.07, 6.45) is 1.08.